The van der Waals surface area contributed by atoms with Gasteiger partial charge in [0.25, 0.3) is 0 Å². The first kappa shape index (κ1) is 12.6. The third-order valence-electron chi connectivity index (χ3n) is 2.84. The lowest BCUT2D eigenvalue weighted by Crippen LogP contribution is -2.12. The molecule has 0 radical (unpaired) electrons. The van der Waals surface area contributed by atoms with Crippen LogP contribution >= 0.6 is 0 Å². The average Bonchev–Trinajstić information content (AvgIpc) is 2.74. The third-order valence-corrected chi connectivity index (χ3v) is 2.84. The molecule has 1 N–H and O–H groups in total. The van der Waals surface area contributed by atoms with Crippen molar-refractivity contribution in [2.45, 2.75) is 19.9 Å². The number of aromatic carboxylic acids is 1. The van der Waals surface area contributed by atoms with Crippen molar-refractivity contribution < 1.29 is 14.6 Å². The van der Waals surface area contributed by atoms with E-state index in [1.807, 2.05) is 31.2 Å². The van der Waals surface area contributed by atoms with Gasteiger partial charge in [-0.1, -0.05) is 25.1 Å². The molecule has 0 aliphatic heterocycles. The molecule has 0 aliphatic carbocycles. The molecule has 0 saturated carbocycles. The molecule has 0 unspecified atom stereocenters. The predicted molar refractivity (Wildman–Crippen MR) is 70.0 cm³/mol. The summed E-state index contributed by atoms with van der Waals surface area (Å²) in [5.74, 6) is -0.901. The number of carboxylic acids is 1. The highest BCUT2D eigenvalue weighted by Crippen LogP contribution is 2.19. The normalized spacial score (nSPS) is 10.9. The number of carbonyl (C=O) groups is 1. The van der Waals surface area contributed by atoms with Crippen molar-refractivity contribution in [2.75, 3.05) is 13.2 Å². The summed E-state index contributed by atoms with van der Waals surface area (Å²) >= 11 is 0. The van der Waals surface area contributed by atoms with Crippen LogP contribution in [-0.4, -0.2) is 28.9 Å². The van der Waals surface area contributed by atoms with Gasteiger partial charge in [0.05, 0.1) is 6.61 Å². The molecule has 2 aromatic rings. The van der Waals surface area contributed by atoms with Crippen molar-refractivity contribution in [2.24, 2.45) is 0 Å². The molecule has 0 bridgehead atoms. The Kier molecular flexibility index (Phi) is 3.99. The van der Waals surface area contributed by atoms with Gasteiger partial charge in [0, 0.05) is 24.1 Å². The third kappa shape index (κ3) is 2.54. The molecule has 4 heteroatoms. The van der Waals surface area contributed by atoms with Crippen LogP contribution in [0.15, 0.2) is 30.3 Å². The van der Waals surface area contributed by atoms with Crippen LogP contribution in [0.2, 0.25) is 0 Å². The highest BCUT2D eigenvalue weighted by atomic mass is 16.5. The van der Waals surface area contributed by atoms with Crippen LogP contribution in [0, 0.1) is 0 Å². The Hall–Kier alpha value is -1.81. The molecule has 2 rings (SSSR count). The van der Waals surface area contributed by atoms with E-state index in [4.69, 9.17) is 4.74 Å². The first-order valence-corrected chi connectivity index (χ1v) is 6.13. The molecular formula is C14H17NO3. The number of aromatic nitrogens is 1. The predicted octanol–water partition coefficient (Wildman–Crippen LogP) is 2.77. The van der Waals surface area contributed by atoms with E-state index in [1.165, 1.54) is 0 Å². The molecule has 1 heterocycles. The minimum absolute atomic E-state index is 0.316. The maximum absolute atomic E-state index is 11.2. The Balaban J connectivity index is 2.27. The molecule has 0 fully saturated rings. The first-order valence-electron chi connectivity index (χ1n) is 6.13. The minimum Gasteiger partial charge on any atom is -0.477 e. The van der Waals surface area contributed by atoms with E-state index in [-0.39, 0.29) is 0 Å². The largest absolute Gasteiger partial charge is 0.477 e. The van der Waals surface area contributed by atoms with E-state index in [2.05, 4.69) is 0 Å². The van der Waals surface area contributed by atoms with Gasteiger partial charge >= 0.3 is 5.97 Å². The molecule has 1 aromatic carbocycles. The summed E-state index contributed by atoms with van der Waals surface area (Å²) < 4.78 is 7.22. The van der Waals surface area contributed by atoms with Crippen molar-refractivity contribution >= 4 is 16.9 Å². The number of carboxylic acid groups (broad SMARTS) is 1. The summed E-state index contributed by atoms with van der Waals surface area (Å²) in [4.78, 5) is 11.2. The number of rotatable bonds is 6. The van der Waals surface area contributed by atoms with E-state index in [0.29, 0.717) is 25.5 Å². The highest BCUT2D eigenvalue weighted by molar-refractivity contribution is 5.94. The summed E-state index contributed by atoms with van der Waals surface area (Å²) in [7, 11) is 0. The van der Waals surface area contributed by atoms with Gasteiger partial charge < -0.3 is 14.4 Å². The van der Waals surface area contributed by atoms with Gasteiger partial charge in [-0.05, 0) is 18.6 Å². The summed E-state index contributed by atoms with van der Waals surface area (Å²) in [6.45, 7) is 3.86. The van der Waals surface area contributed by atoms with Crippen LogP contribution in [-0.2, 0) is 11.3 Å². The van der Waals surface area contributed by atoms with E-state index in [9.17, 15) is 9.90 Å². The molecule has 1 aromatic heterocycles. The SMILES string of the molecule is CCCOCCn1c(C(=O)O)cc2ccccc21. The Morgan fingerprint density at radius 3 is 2.83 bits per heavy atom. The van der Waals surface area contributed by atoms with Crippen molar-refractivity contribution in [1.82, 2.24) is 4.57 Å². The molecule has 0 aliphatic rings. The zero-order valence-electron chi connectivity index (χ0n) is 10.4. The second kappa shape index (κ2) is 5.69. The van der Waals surface area contributed by atoms with Crippen LogP contribution in [0.3, 0.4) is 0 Å². The molecule has 18 heavy (non-hydrogen) atoms. The van der Waals surface area contributed by atoms with E-state index >= 15 is 0 Å². The molecule has 0 atom stereocenters. The highest BCUT2D eigenvalue weighted by Gasteiger charge is 2.13. The zero-order valence-corrected chi connectivity index (χ0v) is 10.4. The molecular weight excluding hydrogens is 230 g/mol. The molecule has 0 saturated heterocycles. The Morgan fingerprint density at radius 2 is 2.11 bits per heavy atom. The topological polar surface area (TPSA) is 51.5 Å². The maximum atomic E-state index is 11.2. The van der Waals surface area contributed by atoms with Crippen LogP contribution in [0.1, 0.15) is 23.8 Å². The summed E-state index contributed by atoms with van der Waals surface area (Å²) in [5, 5.41) is 10.2. The van der Waals surface area contributed by atoms with Crippen molar-refractivity contribution in [1.29, 1.82) is 0 Å². The van der Waals surface area contributed by atoms with Crippen LogP contribution in [0.4, 0.5) is 0 Å². The van der Waals surface area contributed by atoms with Gasteiger partial charge in [0.1, 0.15) is 5.69 Å². The maximum Gasteiger partial charge on any atom is 0.352 e. The summed E-state index contributed by atoms with van der Waals surface area (Å²) in [6.07, 6.45) is 0.970. The standard InChI is InChI=1S/C14H17NO3/c1-2-8-18-9-7-15-12-6-4-3-5-11(12)10-13(15)14(16)17/h3-6,10H,2,7-9H2,1H3,(H,16,17). The Labute approximate surface area is 106 Å². The van der Waals surface area contributed by atoms with Gasteiger partial charge in [0.2, 0.25) is 0 Å². The molecule has 4 nitrogen and oxygen atoms in total. The summed E-state index contributed by atoms with van der Waals surface area (Å²) in [6, 6.07) is 9.38. The lowest BCUT2D eigenvalue weighted by Gasteiger charge is -2.08. The quantitative estimate of drug-likeness (QED) is 0.798. The lowest BCUT2D eigenvalue weighted by molar-refractivity contribution is 0.0681. The van der Waals surface area contributed by atoms with Crippen LogP contribution < -0.4 is 0 Å². The number of ether oxygens (including phenoxy) is 1. The number of fused-ring (bicyclic) bond motifs is 1. The molecule has 0 amide bonds. The number of hydrogen-bond donors (Lipinski definition) is 1. The molecule has 0 spiro atoms. The first-order chi connectivity index (χ1) is 8.74. The van der Waals surface area contributed by atoms with Crippen molar-refractivity contribution in [3.05, 3.63) is 36.0 Å². The van der Waals surface area contributed by atoms with Gasteiger partial charge in [-0.2, -0.15) is 0 Å². The van der Waals surface area contributed by atoms with Crippen LogP contribution in [0.5, 0.6) is 0 Å². The number of hydrogen-bond acceptors (Lipinski definition) is 2. The average molecular weight is 247 g/mol. The molecule has 96 valence electrons. The summed E-state index contributed by atoms with van der Waals surface area (Å²) in [5.41, 5.74) is 1.26. The van der Waals surface area contributed by atoms with Crippen molar-refractivity contribution in [3.8, 4) is 0 Å². The van der Waals surface area contributed by atoms with Crippen LogP contribution in [0.25, 0.3) is 10.9 Å². The lowest BCUT2D eigenvalue weighted by atomic mass is 10.2. The van der Waals surface area contributed by atoms with E-state index in [0.717, 1.165) is 17.3 Å². The minimum atomic E-state index is -0.901. The van der Waals surface area contributed by atoms with Gasteiger partial charge in [-0.15, -0.1) is 0 Å². The smallest absolute Gasteiger partial charge is 0.352 e. The fourth-order valence-corrected chi connectivity index (χ4v) is 2.03. The second-order valence-electron chi connectivity index (χ2n) is 4.16. The number of para-hydroxylation sites is 1. The van der Waals surface area contributed by atoms with Gasteiger partial charge in [-0.25, -0.2) is 4.79 Å². The van der Waals surface area contributed by atoms with Gasteiger partial charge in [0.15, 0.2) is 0 Å². The Bertz CT molecular complexity index is 545. The van der Waals surface area contributed by atoms with E-state index < -0.39 is 5.97 Å². The zero-order chi connectivity index (χ0) is 13.0. The fraction of sp³-hybridized carbons (Fsp3) is 0.357. The number of nitrogens with zero attached hydrogens (tertiary/aromatic N) is 1. The Morgan fingerprint density at radius 1 is 1.33 bits per heavy atom. The van der Waals surface area contributed by atoms with Crippen molar-refractivity contribution in [3.63, 3.8) is 0 Å². The second-order valence-corrected chi connectivity index (χ2v) is 4.16. The van der Waals surface area contributed by atoms with Gasteiger partial charge in [-0.3, -0.25) is 0 Å². The van der Waals surface area contributed by atoms with E-state index in [1.54, 1.807) is 10.6 Å². The number of benzene rings is 1. The fourth-order valence-electron chi connectivity index (χ4n) is 2.03. The monoisotopic (exact) mass is 247 g/mol.